The molecule has 2 N–H and O–H groups in total. The lowest BCUT2D eigenvalue weighted by molar-refractivity contribution is -0.137. The van der Waals surface area contributed by atoms with Crippen molar-refractivity contribution in [3.8, 4) is 0 Å². The summed E-state index contributed by atoms with van der Waals surface area (Å²) >= 11 is 3.10. The summed E-state index contributed by atoms with van der Waals surface area (Å²) in [5.41, 5.74) is -0.959. The zero-order valence-electron chi connectivity index (χ0n) is 10.7. The van der Waals surface area contributed by atoms with Gasteiger partial charge in [-0.25, -0.2) is 0 Å². The summed E-state index contributed by atoms with van der Waals surface area (Å²) in [7, 11) is 1.49. The predicted molar refractivity (Wildman–Crippen MR) is 72.5 cm³/mol. The second-order valence-electron chi connectivity index (χ2n) is 3.88. The molecule has 0 unspecified atom stereocenters. The van der Waals surface area contributed by atoms with Crippen molar-refractivity contribution >= 4 is 27.5 Å². The predicted octanol–water partition coefficient (Wildman–Crippen LogP) is 2.64. The minimum atomic E-state index is -4.48. The molecule has 0 aromatic heterocycles. The Kier molecular flexibility index (Phi) is 6.28. The average molecular weight is 355 g/mol. The van der Waals surface area contributed by atoms with Crippen LogP contribution in [0.2, 0.25) is 0 Å². The van der Waals surface area contributed by atoms with Crippen LogP contribution in [-0.2, 0) is 15.7 Å². The summed E-state index contributed by atoms with van der Waals surface area (Å²) in [6.07, 6.45) is -4.48. The summed E-state index contributed by atoms with van der Waals surface area (Å²) in [6.45, 7) is 0.404. The number of rotatable bonds is 6. The maximum Gasteiger partial charge on any atom is 0.418 e. The molecule has 0 radical (unpaired) electrons. The number of amides is 1. The third kappa shape index (κ3) is 5.38. The lowest BCUT2D eigenvalue weighted by Crippen LogP contribution is -2.32. The Labute approximate surface area is 122 Å². The van der Waals surface area contributed by atoms with Gasteiger partial charge in [-0.15, -0.1) is 0 Å². The molecule has 0 atom stereocenters. The van der Waals surface area contributed by atoms with Crippen molar-refractivity contribution in [2.75, 3.05) is 32.1 Å². The Hall–Kier alpha value is -1.28. The lowest BCUT2D eigenvalue weighted by Gasteiger charge is -2.15. The maximum absolute atomic E-state index is 12.8. The minimum Gasteiger partial charge on any atom is -0.383 e. The van der Waals surface area contributed by atoms with Crippen LogP contribution in [0.1, 0.15) is 5.56 Å². The van der Waals surface area contributed by atoms with Gasteiger partial charge >= 0.3 is 6.18 Å². The van der Waals surface area contributed by atoms with Crippen molar-refractivity contribution in [3.05, 3.63) is 28.2 Å². The molecule has 20 heavy (non-hydrogen) atoms. The summed E-state index contributed by atoms with van der Waals surface area (Å²) in [4.78, 5) is 11.4. The molecule has 0 aliphatic carbocycles. The fourth-order valence-electron chi connectivity index (χ4n) is 1.44. The molecule has 0 aliphatic heterocycles. The van der Waals surface area contributed by atoms with E-state index in [0.717, 1.165) is 6.07 Å². The van der Waals surface area contributed by atoms with E-state index in [0.29, 0.717) is 17.6 Å². The first kappa shape index (κ1) is 16.8. The molecule has 4 nitrogen and oxygen atoms in total. The number of hydrogen-bond acceptors (Lipinski definition) is 3. The topological polar surface area (TPSA) is 50.4 Å². The van der Waals surface area contributed by atoms with E-state index in [9.17, 15) is 18.0 Å². The largest absolute Gasteiger partial charge is 0.418 e. The first-order valence-corrected chi connectivity index (χ1v) is 6.50. The third-order valence-corrected chi connectivity index (χ3v) is 2.85. The van der Waals surface area contributed by atoms with Crippen LogP contribution in [0, 0.1) is 0 Å². The van der Waals surface area contributed by atoms with Gasteiger partial charge in [0, 0.05) is 23.8 Å². The molecule has 1 amide bonds. The highest BCUT2D eigenvalue weighted by Crippen LogP contribution is 2.36. The fourth-order valence-corrected chi connectivity index (χ4v) is 1.80. The van der Waals surface area contributed by atoms with Crippen LogP contribution < -0.4 is 10.6 Å². The molecule has 0 saturated heterocycles. The van der Waals surface area contributed by atoms with Crippen LogP contribution >= 0.6 is 15.9 Å². The Morgan fingerprint density at radius 1 is 1.40 bits per heavy atom. The second-order valence-corrected chi connectivity index (χ2v) is 4.80. The Balaban J connectivity index is 2.67. The maximum atomic E-state index is 12.8. The standard InChI is InChI=1S/C12H14BrF3N2O2/c1-20-5-4-17-11(19)7-18-10-6-8(13)2-3-9(10)12(14,15)16/h2-3,6,18H,4-5,7H2,1H3,(H,17,19). The monoisotopic (exact) mass is 354 g/mol. The van der Waals surface area contributed by atoms with Gasteiger partial charge in [0.25, 0.3) is 0 Å². The van der Waals surface area contributed by atoms with Crippen LogP contribution in [0.4, 0.5) is 18.9 Å². The molecule has 1 rings (SSSR count). The van der Waals surface area contributed by atoms with Crippen molar-refractivity contribution in [3.63, 3.8) is 0 Å². The molecular formula is C12H14BrF3N2O2. The zero-order chi connectivity index (χ0) is 15.2. The molecule has 0 bridgehead atoms. The molecular weight excluding hydrogens is 341 g/mol. The van der Waals surface area contributed by atoms with E-state index >= 15 is 0 Å². The quantitative estimate of drug-likeness (QED) is 0.772. The fraction of sp³-hybridized carbons (Fsp3) is 0.417. The van der Waals surface area contributed by atoms with Crippen LogP contribution in [-0.4, -0.2) is 32.7 Å². The van der Waals surface area contributed by atoms with Crippen LogP contribution in [0.15, 0.2) is 22.7 Å². The molecule has 0 fully saturated rings. The molecule has 8 heteroatoms. The number of nitrogens with one attached hydrogen (secondary N) is 2. The number of benzene rings is 1. The first-order chi connectivity index (χ1) is 9.34. The number of ether oxygens (including phenoxy) is 1. The van der Waals surface area contributed by atoms with Gasteiger partial charge in [-0.3, -0.25) is 4.79 Å². The van der Waals surface area contributed by atoms with E-state index in [4.69, 9.17) is 4.74 Å². The number of alkyl halides is 3. The molecule has 1 aromatic carbocycles. The number of anilines is 1. The van der Waals surface area contributed by atoms with Crippen LogP contribution in [0.3, 0.4) is 0 Å². The van der Waals surface area contributed by atoms with Gasteiger partial charge in [0.05, 0.1) is 18.7 Å². The van der Waals surface area contributed by atoms with E-state index in [1.54, 1.807) is 0 Å². The SMILES string of the molecule is COCCNC(=O)CNc1cc(Br)ccc1C(F)(F)F. The van der Waals surface area contributed by atoms with Crippen molar-refractivity contribution in [1.29, 1.82) is 0 Å². The van der Waals surface area contributed by atoms with E-state index < -0.39 is 17.6 Å². The lowest BCUT2D eigenvalue weighted by atomic mass is 10.1. The van der Waals surface area contributed by atoms with Crippen LogP contribution in [0.25, 0.3) is 0 Å². The minimum absolute atomic E-state index is 0.145. The van der Waals surface area contributed by atoms with Gasteiger partial charge < -0.3 is 15.4 Å². The number of hydrogen-bond donors (Lipinski definition) is 2. The number of carbonyl (C=O) groups excluding carboxylic acids is 1. The van der Waals surface area contributed by atoms with Gasteiger partial charge in [-0.2, -0.15) is 13.2 Å². The van der Waals surface area contributed by atoms with Crippen molar-refractivity contribution in [1.82, 2.24) is 5.32 Å². The molecule has 0 aliphatic rings. The zero-order valence-corrected chi connectivity index (χ0v) is 12.3. The Bertz CT molecular complexity index is 467. The van der Waals surface area contributed by atoms with Gasteiger partial charge in [0.2, 0.25) is 5.91 Å². The summed E-state index contributed by atoms with van der Waals surface area (Å²) in [6, 6.07) is 3.53. The van der Waals surface area contributed by atoms with E-state index in [2.05, 4.69) is 26.6 Å². The Morgan fingerprint density at radius 3 is 2.70 bits per heavy atom. The van der Waals surface area contributed by atoms with Gasteiger partial charge in [-0.1, -0.05) is 15.9 Å². The summed E-state index contributed by atoms with van der Waals surface area (Å²) in [5, 5.41) is 4.99. The van der Waals surface area contributed by atoms with E-state index in [1.165, 1.54) is 19.2 Å². The Morgan fingerprint density at radius 2 is 2.10 bits per heavy atom. The highest BCUT2D eigenvalue weighted by Gasteiger charge is 2.33. The van der Waals surface area contributed by atoms with Gasteiger partial charge in [-0.05, 0) is 18.2 Å². The van der Waals surface area contributed by atoms with E-state index in [1.807, 2.05) is 0 Å². The molecule has 0 heterocycles. The number of methoxy groups -OCH3 is 1. The number of carbonyl (C=O) groups is 1. The summed E-state index contributed by atoms with van der Waals surface area (Å²) < 4.78 is 43.6. The second kappa shape index (κ2) is 7.49. The molecule has 1 aromatic rings. The molecule has 0 spiro atoms. The van der Waals surface area contributed by atoms with E-state index in [-0.39, 0.29) is 12.2 Å². The smallest absolute Gasteiger partial charge is 0.383 e. The van der Waals surface area contributed by atoms with Gasteiger partial charge in [0.15, 0.2) is 0 Å². The summed E-state index contributed by atoms with van der Waals surface area (Å²) in [5.74, 6) is -0.407. The third-order valence-electron chi connectivity index (χ3n) is 2.35. The molecule has 0 saturated carbocycles. The van der Waals surface area contributed by atoms with Crippen LogP contribution in [0.5, 0.6) is 0 Å². The van der Waals surface area contributed by atoms with Crippen molar-refractivity contribution in [2.45, 2.75) is 6.18 Å². The number of halogens is 4. The average Bonchev–Trinajstić information content (AvgIpc) is 2.35. The highest BCUT2D eigenvalue weighted by molar-refractivity contribution is 9.10. The van der Waals surface area contributed by atoms with Crippen molar-refractivity contribution < 1.29 is 22.7 Å². The first-order valence-electron chi connectivity index (χ1n) is 5.71. The van der Waals surface area contributed by atoms with Crippen molar-refractivity contribution in [2.24, 2.45) is 0 Å². The normalized spacial score (nSPS) is 11.2. The van der Waals surface area contributed by atoms with Gasteiger partial charge in [0.1, 0.15) is 0 Å². The highest BCUT2D eigenvalue weighted by atomic mass is 79.9. The molecule has 112 valence electrons.